The Morgan fingerprint density at radius 2 is 2.15 bits per heavy atom. The van der Waals surface area contributed by atoms with Crippen LogP contribution in [0, 0.1) is 12.8 Å². The molecule has 0 amide bonds. The van der Waals surface area contributed by atoms with Gasteiger partial charge in [-0.25, -0.2) is 0 Å². The minimum absolute atomic E-state index is 0.0728. The fraction of sp³-hybridized carbons (Fsp3) is 0.250. The summed E-state index contributed by atoms with van der Waals surface area (Å²) in [7, 11) is 0. The molecular formula is C20H17ClN2O4. The zero-order valence-electron chi connectivity index (χ0n) is 14.6. The number of carbonyl (C=O) groups excluding carboxylic acids is 1. The summed E-state index contributed by atoms with van der Waals surface area (Å²) in [6.45, 7) is 2.17. The van der Waals surface area contributed by atoms with Gasteiger partial charge in [-0.05, 0) is 42.7 Å². The lowest BCUT2D eigenvalue weighted by molar-refractivity contribution is -0.152. The summed E-state index contributed by atoms with van der Waals surface area (Å²) in [6.07, 6.45) is 0.521. The largest absolute Gasteiger partial charge is 0.492 e. The van der Waals surface area contributed by atoms with Gasteiger partial charge in [0.05, 0.1) is 5.92 Å². The Kier molecular flexibility index (Phi) is 4.81. The number of rotatable bonds is 4. The Bertz CT molecular complexity index is 986. The molecule has 1 atom stereocenters. The van der Waals surface area contributed by atoms with Gasteiger partial charge in [-0.3, -0.25) is 4.79 Å². The van der Waals surface area contributed by atoms with Gasteiger partial charge in [0.15, 0.2) is 6.61 Å². The second kappa shape index (κ2) is 7.40. The smallest absolute Gasteiger partial charge is 0.313 e. The van der Waals surface area contributed by atoms with E-state index in [4.69, 9.17) is 25.6 Å². The van der Waals surface area contributed by atoms with Gasteiger partial charge in [0.1, 0.15) is 12.4 Å². The predicted molar refractivity (Wildman–Crippen MR) is 98.4 cm³/mol. The first-order chi connectivity index (χ1) is 13.1. The molecule has 1 aromatic heterocycles. The third kappa shape index (κ3) is 3.80. The number of halogens is 1. The van der Waals surface area contributed by atoms with Gasteiger partial charge in [0.25, 0.3) is 5.89 Å². The summed E-state index contributed by atoms with van der Waals surface area (Å²) in [5.41, 5.74) is 2.82. The van der Waals surface area contributed by atoms with E-state index in [0.29, 0.717) is 17.3 Å². The van der Waals surface area contributed by atoms with Crippen molar-refractivity contribution in [3.63, 3.8) is 0 Å². The maximum Gasteiger partial charge on any atom is 0.313 e. The molecule has 2 heterocycles. The number of fused-ring (bicyclic) bond motifs is 1. The number of hydrogen-bond acceptors (Lipinski definition) is 6. The van der Waals surface area contributed by atoms with Crippen molar-refractivity contribution >= 4 is 17.6 Å². The fourth-order valence-corrected chi connectivity index (χ4v) is 3.21. The maximum absolute atomic E-state index is 12.4. The van der Waals surface area contributed by atoms with Crippen LogP contribution in [0.3, 0.4) is 0 Å². The van der Waals surface area contributed by atoms with E-state index in [9.17, 15) is 4.79 Å². The van der Waals surface area contributed by atoms with Crippen LogP contribution in [0.25, 0.3) is 11.4 Å². The standard InChI is InChI=1S/C20H17ClN2O4/c1-12-4-2-3-5-16(12)19-22-18(27-23-19)11-26-20(24)14-8-13-9-15(21)6-7-17(13)25-10-14/h2-7,9,14H,8,10-11H2,1H3. The summed E-state index contributed by atoms with van der Waals surface area (Å²) in [4.78, 5) is 16.7. The van der Waals surface area contributed by atoms with Gasteiger partial charge < -0.3 is 14.0 Å². The quantitative estimate of drug-likeness (QED) is 0.633. The normalized spacial score (nSPS) is 15.7. The van der Waals surface area contributed by atoms with Gasteiger partial charge >= 0.3 is 5.97 Å². The number of hydrogen-bond donors (Lipinski definition) is 0. The topological polar surface area (TPSA) is 74.5 Å². The van der Waals surface area contributed by atoms with Crippen molar-refractivity contribution in [1.29, 1.82) is 0 Å². The van der Waals surface area contributed by atoms with Crippen molar-refractivity contribution in [2.75, 3.05) is 6.61 Å². The molecule has 6 nitrogen and oxygen atoms in total. The van der Waals surface area contributed by atoms with Gasteiger partial charge in [-0.2, -0.15) is 4.98 Å². The lowest BCUT2D eigenvalue weighted by atomic mass is 9.97. The molecule has 4 rings (SSSR count). The number of ether oxygens (including phenoxy) is 2. The van der Waals surface area contributed by atoms with Crippen molar-refractivity contribution in [3.05, 3.63) is 64.5 Å². The molecule has 0 N–H and O–H groups in total. The van der Waals surface area contributed by atoms with E-state index in [0.717, 1.165) is 22.4 Å². The van der Waals surface area contributed by atoms with Crippen LogP contribution in [0.5, 0.6) is 5.75 Å². The van der Waals surface area contributed by atoms with Gasteiger partial charge in [0.2, 0.25) is 5.82 Å². The van der Waals surface area contributed by atoms with Crippen LogP contribution in [0.2, 0.25) is 5.02 Å². The van der Waals surface area contributed by atoms with E-state index >= 15 is 0 Å². The van der Waals surface area contributed by atoms with Crippen LogP contribution in [0.15, 0.2) is 47.0 Å². The first kappa shape index (κ1) is 17.5. The monoisotopic (exact) mass is 384 g/mol. The third-order valence-corrected chi connectivity index (χ3v) is 4.69. The Labute approximate surface area is 161 Å². The molecule has 0 saturated heterocycles. The molecule has 0 radical (unpaired) electrons. The fourth-order valence-electron chi connectivity index (χ4n) is 3.01. The SMILES string of the molecule is Cc1ccccc1-c1noc(COC(=O)C2COc3ccc(Cl)cc3C2)n1. The number of aryl methyl sites for hydroxylation is 1. The molecule has 0 saturated carbocycles. The Hall–Kier alpha value is -2.86. The van der Waals surface area contributed by atoms with Gasteiger partial charge in [-0.1, -0.05) is 41.0 Å². The molecule has 0 fully saturated rings. The third-order valence-electron chi connectivity index (χ3n) is 4.45. The first-order valence-corrected chi connectivity index (χ1v) is 8.94. The molecule has 1 aliphatic rings. The number of aromatic nitrogens is 2. The van der Waals surface area contributed by atoms with E-state index in [1.165, 1.54) is 0 Å². The molecule has 1 aliphatic heterocycles. The highest BCUT2D eigenvalue weighted by Gasteiger charge is 2.28. The van der Waals surface area contributed by atoms with Gasteiger partial charge in [0, 0.05) is 10.6 Å². The van der Waals surface area contributed by atoms with Crippen LogP contribution in [-0.2, 0) is 22.6 Å². The summed E-state index contributed by atoms with van der Waals surface area (Å²) < 4.78 is 16.2. The van der Waals surface area contributed by atoms with Crippen molar-refractivity contribution in [3.8, 4) is 17.1 Å². The predicted octanol–water partition coefficient (Wildman–Crippen LogP) is 3.99. The first-order valence-electron chi connectivity index (χ1n) is 8.56. The molecule has 27 heavy (non-hydrogen) atoms. The zero-order valence-corrected chi connectivity index (χ0v) is 15.4. The van der Waals surface area contributed by atoms with Crippen LogP contribution >= 0.6 is 11.6 Å². The molecule has 1 unspecified atom stereocenters. The second-order valence-electron chi connectivity index (χ2n) is 6.40. The van der Waals surface area contributed by atoms with E-state index < -0.39 is 5.92 Å². The van der Waals surface area contributed by atoms with E-state index in [2.05, 4.69) is 10.1 Å². The molecular weight excluding hydrogens is 368 g/mol. The van der Waals surface area contributed by atoms with Crippen LogP contribution in [0.4, 0.5) is 0 Å². The molecule has 3 aromatic rings. The highest BCUT2D eigenvalue weighted by molar-refractivity contribution is 6.30. The summed E-state index contributed by atoms with van der Waals surface area (Å²) in [5.74, 6) is 0.722. The molecule has 0 aliphatic carbocycles. The second-order valence-corrected chi connectivity index (χ2v) is 6.83. The molecule has 138 valence electrons. The Morgan fingerprint density at radius 3 is 3.00 bits per heavy atom. The highest BCUT2D eigenvalue weighted by Crippen LogP contribution is 2.30. The van der Waals surface area contributed by atoms with Crippen LogP contribution in [0.1, 0.15) is 17.0 Å². The minimum Gasteiger partial charge on any atom is -0.492 e. The van der Waals surface area contributed by atoms with Crippen molar-refractivity contribution in [2.24, 2.45) is 5.92 Å². The Morgan fingerprint density at radius 1 is 1.30 bits per heavy atom. The highest BCUT2D eigenvalue weighted by atomic mass is 35.5. The summed E-state index contributed by atoms with van der Waals surface area (Å²) in [6, 6.07) is 13.1. The number of esters is 1. The molecule has 0 bridgehead atoms. The van der Waals surface area contributed by atoms with Crippen molar-refractivity contribution in [1.82, 2.24) is 10.1 Å². The lowest BCUT2D eigenvalue weighted by Crippen LogP contribution is -2.29. The molecule has 0 spiro atoms. The summed E-state index contributed by atoms with van der Waals surface area (Å²) in [5, 5.41) is 4.57. The average molecular weight is 385 g/mol. The average Bonchev–Trinajstić information content (AvgIpc) is 3.14. The number of nitrogens with zero attached hydrogens (tertiary/aromatic N) is 2. The maximum atomic E-state index is 12.4. The van der Waals surface area contributed by atoms with Crippen molar-refractivity contribution in [2.45, 2.75) is 20.0 Å². The minimum atomic E-state index is -0.394. The number of benzene rings is 2. The lowest BCUT2D eigenvalue weighted by Gasteiger charge is -2.23. The molecule has 7 heteroatoms. The van der Waals surface area contributed by atoms with E-state index in [1.54, 1.807) is 6.07 Å². The van der Waals surface area contributed by atoms with E-state index in [-0.39, 0.29) is 25.1 Å². The van der Waals surface area contributed by atoms with E-state index in [1.807, 2.05) is 43.3 Å². The zero-order chi connectivity index (χ0) is 18.8. The number of carbonyl (C=O) groups is 1. The van der Waals surface area contributed by atoms with Crippen LogP contribution in [-0.4, -0.2) is 22.7 Å². The summed E-state index contributed by atoms with van der Waals surface area (Å²) >= 11 is 6.01. The Balaban J connectivity index is 1.38. The van der Waals surface area contributed by atoms with Crippen molar-refractivity contribution < 1.29 is 18.8 Å². The van der Waals surface area contributed by atoms with Gasteiger partial charge in [-0.15, -0.1) is 0 Å². The molecule has 2 aromatic carbocycles. The van der Waals surface area contributed by atoms with Crippen LogP contribution < -0.4 is 4.74 Å².